The summed E-state index contributed by atoms with van der Waals surface area (Å²) in [5.74, 6) is -4.83. The summed E-state index contributed by atoms with van der Waals surface area (Å²) in [6.45, 7) is 0. The van der Waals surface area contributed by atoms with Crippen molar-refractivity contribution < 1.29 is 45.4 Å². The largest absolute Gasteiger partial charge is 0.506 e. The normalized spacial score (nSPS) is 13.9. The molecule has 2 aromatic rings. The van der Waals surface area contributed by atoms with Crippen LogP contribution in [0.15, 0.2) is 21.9 Å². The van der Waals surface area contributed by atoms with Crippen molar-refractivity contribution in [1.29, 1.82) is 0 Å². The first kappa shape index (κ1) is 20.5. The molecular weight excluding hydrogens is 432 g/mol. The van der Waals surface area contributed by atoms with Crippen molar-refractivity contribution in [3.05, 3.63) is 34.4 Å². The number of rotatable bonds is 3. The van der Waals surface area contributed by atoms with E-state index in [0.29, 0.717) is 12.1 Å². The lowest BCUT2D eigenvalue weighted by Gasteiger charge is -2.23. The fraction of sp³-hybridized carbons (Fsp3) is 0.0667. The van der Waals surface area contributed by atoms with Gasteiger partial charge >= 0.3 is 10.1 Å². The lowest BCUT2D eigenvalue weighted by Crippen LogP contribution is -2.25. The van der Waals surface area contributed by atoms with E-state index in [2.05, 4.69) is 4.18 Å². The van der Waals surface area contributed by atoms with E-state index in [1.807, 2.05) is 0 Å². The average molecular weight is 444 g/mol. The fourth-order valence-corrected chi connectivity index (χ4v) is 4.41. The van der Waals surface area contributed by atoms with Crippen molar-refractivity contribution in [2.24, 2.45) is 0 Å². The number of hydrogen-bond donors (Lipinski definition) is 5. The summed E-state index contributed by atoms with van der Waals surface area (Å²) in [5, 5.41) is 20.6. The second-order valence-electron chi connectivity index (χ2n) is 5.88. The van der Waals surface area contributed by atoms with Crippen LogP contribution in [-0.2, 0) is 24.4 Å². The molecule has 0 saturated carbocycles. The first-order valence-corrected chi connectivity index (χ1v) is 10.3. The molecule has 2 aromatic carbocycles. The Morgan fingerprint density at radius 1 is 0.793 bits per heavy atom. The van der Waals surface area contributed by atoms with Gasteiger partial charge in [-0.3, -0.25) is 18.3 Å². The molecule has 1 aliphatic carbocycles. The molecule has 3 rings (SSSR count). The van der Waals surface area contributed by atoms with Crippen molar-refractivity contribution in [3.63, 3.8) is 0 Å². The Kier molecular flexibility index (Phi) is 4.35. The zero-order valence-electron chi connectivity index (χ0n) is 14.3. The number of benzene rings is 2. The first-order valence-electron chi connectivity index (χ1n) is 7.42. The summed E-state index contributed by atoms with van der Waals surface area (Å²) in [6.07, 6.45) is 0. The molecule has 0 atom stereocenters. The predicted octanol–water partition coefficient (Wildman–Crippen LogP) is -0.381. The van der Waals surface area contributed by atoms with E-state index < -0.39 is 86.7 Å². The number of nitrogen functional groups attached to an aromatic ring is 2. The summed E-state index contributed by atoms with van der Waals surface area (Å²) < 4.78 is 60.3. The van der Waals surface area contributed by atoms with Crippen LogP contribution in [0, 0.1) is 0 Å². The van der Waals surface area contributed by atoms with Gasteiger partial charge < -0.3 is 21.7 Å². The second-order valence-corrected chi connectivity index (χ2v) is 8.95. The van der Waals surface area contributed by atoms with Gasteiger partial charge in [-0.25, -0.2) is 0 Å². The number of ketones is 2. The molecule has 0 fully saturated rings. The third kappa shape index (κ3) is 2.80. The zero-order chi connectivity index (χ0) is 22.0. The third-order valence-electron chi connectivity index (χ3n) is 4.27. The average Bonchev–Trinajstić information content (AvgIpc) is 2.61. The van der Waals surface area contributed by atoms with Gasteiger partial charge in [-0.05, 0) is 12.1 Å². The molecular formula is C15H12N2O10S2. The van der Waals surface area contributed by atoms with Gasteiger partial charge in [0.1, 0.15) is 21.3 Å². The summed E-state index contributed by atoms with van der Waals surface area (Å²) in [7, 11) is -8.77. The molecule has 1 aliphatic rings. The van der Waals surface area contributed by atoms with Gasteiger partial charge in [0, 0.05) is 11.4 Å². The third-order valence-corrected chi connectivity index (χ3v) is 6.42. The maximum absolute atomic E-state index is 12.9. The monoisotopic (exact) mass is 444 g/mol. The summed E-state index contributed by atoms with van der Waals surface area (Å²) in [5.41, 5.74) is 7.06. The molecule has 154 valence electrons. The quantitative estimate of drug-likeness (QED) is 0.151. The van der Waals surface area contributed by atoms with Gasteiger partial charge in [-0.2, -0.15) is 16.8 Å². The topological polar surface area (TPSA) is 224 Å². The van der Waals surface area contributed by atoms with Crippen molar-refractivity contribution in [1.82, 2.24) is 0 Å². The van der Waals surface area contributed by atoms with Crippen molar-refractivity contribution in [2.45, 2.75) is 9.79 Å². The molecule has 0 aromatic heterocycles. The molecule has 0 radical (unpaired) electrons. The van der Waals surface area contributed by atoms with Gasteiger partial charge in [0.25, 0.3) is 10.1 Å². The van der Waals surface area contributed by atoms with Crippen molar-refractivity contribution in [2.75, 3.05) is 18.6 Å². The molecule has 0 saturated heterocycles. The molecule has 0 aliphatic heterocycles. The van der Waals surface area contributed by atoms with Crippen LogP contribution >= 0.6 is 0 Å². The number of phenols is 2. The predicted molar refractivity (Wildman–Crippen MR) is 95.9 cm³/mol. The minimum atomic E-state index is -5.03. The molecule has 0 bridgehead atoms. The van der Waals surface area contributed by atoms with Crippen LogP contribution in [0.1, 0.15) is 31.8 Å². The number of fused-ring (bicyclic) bond motifs is 2. The second kappa shape index (κ2) is 6.15. The minimum Gasteiger partial charge on any atom is -0.506 e. The van der Waals surface area contributed by atoms with Crippen LogP contribution in [-0.4, -0.2) is 50.3 Å². The number of carbonyl (C=O) groups excluding carboxylic acids is 2. The van der Waals surface area contributed by atoms with Crippen LogP contribution in [0.3, 0.4) is 0 Å². The number of nitrogens with two attached hydrogens (primary N) is 2. The van der Waals surface area contributed by atoms with Crippen LogP contribution in [0.4, 0.5) is 11.4 Å². The smallest absolute Gasteiger partial charge is 0.300 e. The van der Waals surface area contributed by atoms with Gasteiger partial charge in [0.05, 0.1) is 29.4 Å². The first-order chi connectivity index (χ1) is 13.2. The number of aromatic hydroxyl groups is 2. The van der Waals surface area contributed by atoms with Crippen LogP contribution in [0.5, 0.6) is 11.5 Å². The molecule has 0 spiro atoms. The molecule has 0 unspecified atom stereocenters. The van der Waals surface area contributed by atoms with Crippen molar-refractivity contribution >= 4 is 43.2 Å². The molecule has 0 heterocycles. The lowest BCUT2D eigenvalue weighted by atomic mass is 9.81. The van der Waals surface area contributed by atoms with E-state index in [-0.39, 0.29) is 0 Å². The standard InChI is InChI=1S/C15H12N2O10S2/c1-27-29(25,26)7-3-5(17)9-11(13(7)19)15(21)8-4(16)2-6(28(22,23)24)12(18)10(8)14(9)20/h2-3,18-19H,16-17H2,1H3,(H,22,23,24). The minimum absolute atomic E-state index is 0.538. The molecule has 0 amide bonds. The molecule has 7 N–H and O–H groups in total. The van der Waals surface area contributed by atoms with Gasteiger partial charge in [-0.1, -0.05) is 0 Å². The summed E-state index contributed by atoms with van der Waals surface area (Å²) in [4.78, 5) is 23.8. The highest BCUT2D eigenvalue weighted by Crippen LogP contribution is 2.45. The Labute approximate surface area is 163 Å². The molecule has 29 heavy (non-hydrogen) atoms. The summed E-state index contributed by atoms with van der Waals surface area (Å²) >= 11 is 0. The zero-order valence-corrected chi connectivity index (χ0v) is 16.0. The number of hydrogen-bond acceptors (Lipinski definition) is 11. The van der Waals surface area contributed by atoms with Gasteiger partial charge in [-0.15, -0.1) is 0 Å². The highest BCUT2D eigenvalue weighted by atomic mass is 32.2. The van der Waals surface area contributed by atoms with E-state index in [9.17, 15) is 41.2 Å². The molecule has 12 nitrogen and oxygen atoms in total. The highest BCUT2D eigenvalue weighted by molar-refractivity contribution is 7.87. The Morgan fingerprint density at radius 3 is 1.55 bits per heavy atom. The maximum Gasteiger partial charge on any atom is 0.300 e. The molecule has 14 heteroatoms. The van der Waals surface area contributed by atoms with E-state index in [1.165, 1.54) is 0 Å². The lowest BCUT2D eigenvalue weighted by molar-refractivity contribution is 0.0974. The van der Waals surface area contributed by atoms with Gasteiger partial charge in [0.2, 0.25) is 11.6 Å². The SMILES string of the molecule is COS(=O)(=O)c1cc(N)c2c(c1O)C(=O)c1c(N)cc(S(=O)(=O)O)c(O)c1C2=O. The fourth-order valence-electron chi connectivity index (χ4n) is 2.99. The van der Waals surface area contributed by atoms with E-state index in [0.717, 1.165) is 7.11 Å². The Hall–Kier alpha value is -3.20. The van der Waals surface area contributed by atoms with E-state index in [1.54, 1.807) is 0 Å². The number of carbonyl (C=O) groups is 2. The van der Waals surface area contributed by atoms with Crippen LogP contribution in [0.25, 0.3) is 0 Å². The number of phenolic OH excluding ortho intramolecular Hbond substituents is 2. The van der Waals surface area contributed by atoms with Crippen molar-refractivity contribution in [3.8, 4) is 11.5 Å². The summed E-state index contributed by atoms with van der Waals surface area (Å²) in [6, 6.07) is 1.20. The Morgan fingerprint density at radius 2 is 1.17 bits per heavy atom. The maximum atomic E-state index is 12.9. The van der Waals surface area contributed by atoms with E-state index in [4.69, 9.17) is 11.5 Å². The van der Waals surface area contributed by atoms with Crippen LogP contribution < -0.4 is 11.5 Å². The highest BCUT2D eigenvalue weighted by Gasteiger charge is 2.41. The van der Waals surface area contributed by atoms with E-state index >= 15 is 0 Å². The van der Waals surface area contributed by atoms with Gasteiger partial charge in [0.15, 0.2) is 0 Å². The Balaban J connectivity index is 2.47. The number of anilines is 2. The van der Waals surface area contributed by atoms with Crippen LogP contribution in [0.2, 0.25) is 0 Å². The Bertz CT molecular complexity index is 1340.